The van der Waals surface area contributed by atoms with Crippen LogP contribution in [0.2, 0.25) is 5.02 Å². The lowest BCUT2D eigenvalue weighted by Crippen LogP contribution is -1.94. The Morgan fingerprint density at radius 3 is 3.23 bits per heavy atom. The third kappa shape index (κ3) is 1.36. The molecule has 2 heterocycles. The second kappa shape index (κ2) is 3.06. The first-order chi connectivity index (χ1) is 6.31. The van der Waals surface area contributed by atoms with Crippen molar-refractivity contribution < 1.29 is 4.79 Å². The van der Waals surface area contributed by atoms with Crippen molar-refractivity contribution in [2.24, 2.45) is 0 Å². The summed E-state index contributed by atoms with van der Waals surface area (Å²) in [4.78, 5) is 14.2. The van der Waals surface area contributed by atoms with Crippen molar-refractivity contribution >= 4 is 29.3 Å². The molecule has 2 aromatic rings. The van der Waals surface area contributed by atoms with Gasteiger partial charge in [0.2, 0.25) is 6.41 Å². The maximum absolute atomic E-state index is 10.2. The minimum atomic E-state index is 0.512. The van der Waals surface area contributed by atoms with E-state index in [1.54, 1.807) is 29.1 Å². The number of amides is 1. The number of aromatic nitrogens is 2. The van der Waals surface area contributed by atoms with Crippen LogP contribution in [-0.4, -0.2) is 15.8 Å². The van der Waals surface area contributed by atoms with Crippen LogP contribution in [-0.2, 0) is 4.79 Å². The lowest BCUT2D eigenvalue weighted by molar-refractivity contribution is -0.105. The van der Waals surface area contributed by atoms with Crippen LogP contribution in [0.15, 0.2) is 24.7 Å². The number of anilines is 1. The number of carbonyl (C=O) groups excluding carboxylic acids is 1. The Labute approximate surface area is 79.1 Å². The number of nitrogens with zero attached hydrogens (tertiary/aromatic N) is 2. The Balaban J connectivity index is 2.64. The summed E-state index contributed by atoms with van der Waals surface area (Å²) in [6.07, 6.45) is 3.97. The number of nitrogens with one attached hydrogen (secondary N) is 1. The van der Waals surface area contributed by atoms with E-state index >= 15 is 0 Å². The molecule has 1 amide bonds. The molecule has 4 nitrogen and oxygen atoms in total. The smallest absolute Gasteiger partial charge is 0.212 e. The van der Waals surface area contributed by atoms with Gasteiger partial charge in [0, 0.05) is 11.2 Å². The lowest BCUT2D eigenvalue weighted by Gasteiger charge is -1.96. The van der Waals surface area contributed by atoms with Crippen LogP contribution in [0.3, 0.4) is 0 Å². The highest BCUT2D eigenvalue weighted by Gasteiger charge is 2.02. The molecule has 0 bridgehead atoms. The standard InChI is InChI=1S/C8H6ClN3O/c9-6-1-2-12-4-10-8(11-5-13)7(12)3-6/h1-5H,(H,11,13). The van der Waals surface area contributed by atoms with E-state index in [0.29, 0.717) is 17.3 Å². The molecule has 5 heteroatoms. The summed E-state index contributed by atoms with van der Waals surface area (Å²) in [7, 11) is 0. The number of pyridine rings is 1. The van der Waals surface area contributed by atoms with E-state index < -0.39 is 0 Å². The summed E-state index contributed by atoms with van der Waals surface area (Å²) in [5.74, 6) is 0.512. The van der Waals surface area contributed by atoms with Gasteiger partial charge in [-0.3, -0.25) is 4.79 Å². The van der Waals surface area contributed by atoms with Gasteiger partial charge in [0.25, 0.3) is 0 Å². The SMILES string of the molecule is O=CNc1ncn2ccc(Cl)cc12. The van der Waals surface area contributed by atoms with Gasteiger partial charge in [-0.15, -0.1) is 0 Å². The molecule has 2 aromatic heterocycles. The molecule has 13 heavy (non-hydrogen) atoms. The van der Waals surface area contributed by atoms with E-state index in [9.17, 15) is 4.79 Å². The molecule has 66 valence electrons. The molecule has 0 atom stereocenters. The molecule has 0 aromatic carbocycles. The van der Waals surface area contributed by atoms with Gasteiger partial charge >= 0.3 is 0 Å². The van der Waals surface area contributed by atoms with Gasteiger partial charge in [-0.1, -0.05) is 11.6 Å². The first kappa shape index (κ1) is 8.07. The van der Waals surface area contributed by atoms with Crippen LogP contribution in [0.5, 0.6) is 0 Å². The fourth-order valence-corrected chi connectivity index (χ4v) is 1.29. The van der Waals surface area contributed by atoms with E-state index in [1.807, 2.05) is 0 Å². The van der Waals surface area contributed by atoms with Gasteiger partial charge in [0.15, 0.2) is 5.82 Å². The lowest BCUT2D eigenvalue weighted by atomic mass is 10.4. The summed E-state index contributed by atoms with van der Waals surface area (Å²) in [6, 6.07) is 3.49. The molecule has 0 aliphatic rings. The predicted molar refractivity (Wildman–Crippen MR) is 49.9 cm³/mol. The van der Waals surface area contributed by atoms with Crippen LogP contribution >= 0.6 is 11.6 Å². The van der Waals surface area contributed by atoms with Gasteiger partial charge in [-0.25, -0.2) is 4.98 Å². The summed E-state index contributed by atoms with van der Waals surface area (Å²) >= 11 is 5.79. The zero-order valence-corrected chi connectivity index (χ0v) is 7.32. The van der Waals surface area contributed by atoms with Crippen molar-refractivity contribution in [1.29, 1.82) is 0 Å². The minimum absolute atomic E-state index is 0.512. The van der Waals surface area contributed by atoms with Gasteiger partial charge in [0.05, 0.1) is 5.52 Å². The van der Waals surface area contributed by atoms with E-state index in [1.165, 1.54) is 0 Å². The van der Waals surface area contributed by atoms with Gasteiger partial charge in [-0.2, -0.15) is 0 Å². The molecular weight excluding hydrogens is 190 g/mol. The third-order valence-corrected chi connectivity index (χ3v) is 1.93. The highest BCUT2D eigenvalue weighted by molar-refractivity contribution is 6.31. The zero-order valence-electron chi connectivity index (χ0n) is 6.57. The van der Waals surface area contributed by atoms with Crippen molar-refractivity contribution in [3.8, 4) is 0 Å². The molecular formula is C8H6ClN3O. The number of fused-ring (bicyclic) bond motifs is 1. The molecule has 0 spiro atoms. The summed E-state index contributed by atoms with van der Waals surface area (Å²) in [5.41, 5.74) is 0.777. The molecule has 0 aliphatic heterocycles. The Bertz CT molecular complexity index is 452. The number of hydrogen-bond acceptors (Lipinski definition) is 2. The summed E-state index contributed by atoms with van der Waals surface area (Å²) < 4.78 is 1.78. The molecule has 0 saturated heterocycles. The number of imidazole rings is 1. The summed E-state index contributed by atoms with van der Waals surface area (Å²) in [5, 5.41) is 3.10. The highest BCUT2D eigenvalue weighted by atomic mass is 35.5. The zero-order chi connectivity index (χ0) is 9.26. The van der Waals surface area contributed by atoms with Crippen LogP contribution in [0.1, 0.15) is 0 Å². The van der Waals surface area contributed by atoms with Crippen molar-refractivity contribution in [2.75, 3.05) is 5.32 Å². The molecule has 1 N–H and O–H groups in total. The third-order valence-electron chi connectivity index (χ3n) is 1.70. The van der Waals surface area contributed by atoms with Gasteiger partial charge in [-0.05, 0) is 12.1 Å². The maximum Gasteiger partial charge on any atom is 0.212 e. The number of rotatable bonds is 2. The van der Waals surface area contributed by atoms with Crippen molar-refractivity contribution in [3.63, 3.8) is 0 Å². The monoisotopic (exact) mass is 195 g/mol. The van der Waals surface area contributed by atoms with E-state index in [2.05, 4.69) is 10.3 Å². The van der Waals surface area contributed by atoms with E-state index in [-0.39, 0.29) is 0 Å². The summed E-state index contributed by atoms with van der Waals surface area (Å²) in [6.45, 7) is 0. The Morgan fingerprint density at radius 2 is 2.46 bits per heavy atom. The van der Waals surface area contributed by atoms with Gasteiger partial charge in [0.1, 0.15) is 6.33 Å². The minimum Gasteiger partial charge on any atom is -0.312 e. The second-order valence-corrected chi connectivity index (χ2v) is 2.93. The quantitative estimate of drug-likeness (QED) is 0.740. The average molecular weight is 196 g/mol. The fraction of sp³-hybridized carbons (Fsp3) is 0. The number of halogens is 1. The van der Waals surface area contributed by atoms with Crippen LogP contribution in [0.25, 0.3) is 5.52 Å². The topological polar surface area (TPSA) is 46.4 Å². The van der Waals surface area contributed by atoms with Crippen molar-refractivity contribution in [3.05, 3.63) is 29.7 Å². The fourth-order valence-electron chi connectivity index (χ4n) is 1.13. The average Bonchev–Trinajstić information content (AvgIpc) is 2.49. The molecule has 0 unspecified atom stereocenters. The molecule has 0 fully saturated rings. The van der Waals surface area contributed by atoms with E-state index in [0.717, 1.165) is 5.52 Å². The van der Waals surface area contributed by atoms with Crippen LogP contribution in [0.4, 0.5) is 5.82 Å². The first-order valence-corrected chi connectivity index (χ1v) is 4.01. The molecule has 2 rings (SSSR count). The second-order valence-electron chi connectivity index (χ2n) is 2.49. The van der Waals surface area contributed by atoms with E-state index in [4.69, 9.17) is 11.6 Å². The molecule has 0 aliphatic carbocycles. The Hall–Kier alpha value is -1.55. The van der Waals surface area contributed by atoms with Crippen molar-refractivity contribution in [2.45, 2.75) is 0 Å². The van der Waals surface area contributed by atoms with Crippen LogP contribution < -0.4 is 5.32 Å². The molecule has 0 saturated carbocycles. The number of hydrogen-bond donors (Lipinski definition) is 1. The normalized spacial score (nSPS) is 10.2. The largest absolute Gasteiger partial charge is 0.312 e. The Kier molecular flexibility index (Phi) is 1.90. The Morgan fingerprint density at radius 1 is 1.62 bits per heavy atom. The first-order valence-electron chi connectivity index (χ1n) is 3.63. The maximum atomic E-state index is 10.2. The highest BCUT2D eigenvalue weighted by Crippen LogP contribution is 2.18. The number of carbonyl (C=O) groups is 1. The van der Waals surface area contributed by atoms with Gasteiger partial charge < -0.3 is 9.72 Å². The van der Waals surface area contributed by atoms with Crippen LogP contribution in [0, 0.1) is 0 Å². The molecule has 0 radical (unpaired) electrons. The predicted octanol–water partition coefficient (Wildman–Crippen LogP) is 1.56. The van der Waals surface area contributed by atoms with Crippen molar-refractivity contribution in [1.82, 2.24) is 9.38 Å².